The van der Waals surface area contributed by atoms with Gasteiger partial charge in [-0.05, 0) is 42.9 Å². The topological polar surface area (TPSA) is 12.0 Å². The Kier molecular flexibility index (Phi) is 5.35. The van der Waals surface area contributed by atoms with Crippen LogP contribution in [0, 0.1) is 0 Å². The van der Waals surface area contributed by atoms with Gasteiger partial charge in [0.2, 0.25) is 0 Å². The normalized spacial score (nSPS) is 22.2. The fourth-order valence-corrected chi connectivity index (χ4v) is 4.19. The van der Waals surface area contributed by atoms with Crippen LogP contribution in [0.3, 0.4) is 0 Å². The third-order valence-electron chi connectivity index (χ3n) is 4.05. The number of rotatable bonds is 5. The Hall–Kier alpha value is -0.470. The second-order valence-corrected chi connectivity index (χ2v) is 7.59. The SMILES string of the molecule is CC(CC(C)(C)c1ccccc1)NC1CCCSC1. The van der Waals surface area contributed by atoms with Crippen molar-refractivity contribution in [1.29, 1.82) is 0 Å². The van der Waals surface area contributed by atoms with Gasteiger partial charge in [0, 0.05) is 17.8 Å². The predicted molar refractivity (Wildman–Crippen MR) is 87.0 cm³/mol. The largest absolute Gasteiger partial charge is 0.311 e. The Morgan fingerprint density at radius 1 is 1.32 bits per heavy atom. The average molecular weight is 277 g/mol. The third kappa shape index (κ3) is 4.54. The van der Waals surface area contributed by atoms with E-state index < -0.39 is 0 Å². The Bertz CT molecular complexity index is 368. The highest BCUT2D eigenvalue weighted by Gasteiger charge is 2.24. The first kappa shape index (κ1) is 14.9. The van der Waals surface area contributed by atoms with Crippen LogP contribution in [0.4, 0.5) is 0 Å². The molecule has 1 aliphatic heterocycles. The molecule has 0 amide bonds. The van der Waals surface area contributed by atoms with E-state index >= 15 is 0 Å². The molecule has 0 aromatic heterocycles. The molecule has 2 atom stereocenters. The first-order chi connectivity index (χ1) is 9.08. The van der Waals surface area contributed by atoms with Crippen LogP contribution < -0.4 is 5.32 Å². The first-order valence-corrected chi connectivity index (χ1v) is 8.63. The lowest BCUT2D eigenvalue weighted by Gasteiger charge is -2.32. The molecule has 19 heavy (non-hydrogen) atoms. The smallest absolute Gasteiger partial charge is 0.0160 e. The van der Waals surface area contributed by atoms with Gasteiger partial charge in [0.25, 0.3) is 0 Å². The predicted octanol–water partition coefficient (Wildman–Crippen LogP) is 4.23. The summed E-state index contributed by atoms with van der Waals surface area (Å²) in [6.07, 6.45) is 3.92. The van der Waals surface area contributed by atoms with Crippen molar-refractivity contribution in [1.82, 2.24) is 5.32 Å². The van der Waals surface area contributed by atoms with Gasteiger partial charge >= 0.3 is 0 Å². The van der Waals surface area contributed by atoms with Gasteiger partial charge in [0.05, 0.1) is 0 Å². The first-order valence-electron chi connectivity index (χ1n) is 7.47. The van der Waals surface area contributed by atoms with Gasteiger partial charge in [-0.25, -0.2) is 0 Å². The highest BCUT2D eigenvalue weighted by Crippen LogP contribution is 2.28. The summed E-state index contributed by atoms with van der Waals surface area (Å²) in [6.45, 7) is 7.05. The molecule has 1 aromatic carbocycles. The summed E-state index contributed by atoms with van der Waals surface area (Å²) in [4.78, 5) is 0. The lowest BCUT2D eigenvalue weighted by Crippen LogP contribution is -2.42. The molecule has 1 saturated heterocycles. The minimum Gasteiger partial charge on any atom is -0.311 e. The van der Waals surface area contributed by atoms with Gasteiger partial charge < -0.3 is 5.32 Å². The highest BCUT2D eigenvalue weighted by atomic mass is 32.2. The van der Waals surface area contributed by atoms with Crippen molar-refractivity contribution < 1.29 is 0 Å². The molecule has 0 saturated carbocycles. The monoisotopic (exact) mass is 277 g/mol. The lowest BCUT2D eigenvalue weighted by atomic mass is 9.79. The van der Waals surface area contributed by atoms with Crippen LogP contribution in [-0.2, 0) is 5.41 Å². The van der Waals surface area contributed by atoms with E-state index in [9.17, 15) is 0 Å². The minimum atomic E-state index is 0.246. The zero-order valence-corrected chi connectivity index (χ0v) is 13.3. The van der Waals surface area contributed by atoms with Crippen LogP contribution in [0.1, 0.15) is 45.6 Å². The van der Waals surface area contributed by atoms with Crippen LogP contribution >= 0.6 is 11.8 Å². The zero-order chi connectivity index (χ0) is 13.7. The van der Waals surface area contributed by atoms with Crippen LogP contribution in [0.25, 0.3) is 0 Å². The molecule has 1 nitrogen and oxygen atoms in total. The van der Waals surface area contributed by atoms with Crippen molar-refractivity contribution in [2.45, 2.75) is 57.5 Å². The van der Waals surface area contributed by atoms with E-state index in [-0.39, 0.29) is 5.41 Å². The van der Waals surface area contributed by atoms with Crippen LogP contribution in [0.5, 0.6) is 0 Å². The molecule has 2 unspecified atom stereocenters. The quantitative estimate of drug-likeness (QED) is 0.864. The molecule has 2 rings (SSSR count). The van der Waals surface area contributed by atoms with Crippen LogP contribution in [0.15, 0.2) is 30.3 Å². The molecule has 0 aliphatic carbocycles. The molecule has 0 spiro atoms. The standard InChI is InChI=1S/C17H27NS/c1-14(18-16-10-7-11-19-13-16)12-17(2,3)15-8-5-4-6-9-15/h4-6,8-9,14,16,18H,7,10-13H2,1-3H3. The maximum atomic E-state index is 3.82. The Morgan fingerprint density at radius 2 is 2.05 bits per heavy atom. The lowest BCUT2D eigenvalue weighted by molar-refractivity contribution is 0.355. The van der Waals surface area contributed by atoms with Crippen molar-refractivity contribution in [3.63, 3.8) is 0 Å². The molecular formula is C17H27NS. The summed E-state index contributed by atoms with van der Waals surface area (Å²) in [5.74, 6) is 2.64. The van der Waals surface area contributed by atoms with E-state index in [2.05, 4.69) is 68.2 Å². The molecule has 2 heteroatoms. The average Bonchev–Trinajstić information content (AvgIpc) is 2.40. The van der Waals surface area contributed by atoms with Gasteiger partial charge in [-0.2, -0.15) is 11.8 Å². The van der Waals surface area contributed by atoms with Gasteiger partial charge in [0.1, 0.15) is 0 Å². The number of hydrogen-bond acceptors (Lipinski definition) is 2. The molecule has 1 heterocycles. The van der Waals surface area contributed by atoms with E-state index in [4.69, 9.17) is 0 Å². The Morgan fingerprint density at radius 3 is 2.68 bits per heavy atom. The highest BCUT2D eigenvalue weighted by molar-refractivity contribution is 7.99. The third-order valence-corrected chi connectivity index (χ3v) is 5.27. The van der Waals surface area contributed by atoms with Crippen molar-refractivity contribution in [3.05, 3.63) is 35.9 Å². The minimum absolute atomic E-state index is 0.246. The molecule has 1 aromatic rings. The Labute approximate surface area is 122 Å². The van der Waals surface area contributed by atoms with E-state index in [1.807, 2.05) is 0 Å². The van der Waals surface area contributed by atoms with Crippen molar-refractivity contribution >= 4 is 11.8 Å². The van der Waals surface area contributed by atoms with Crippen LogP contribution in [0.2, 0.25) is 0 Å². The second kappa shape index (κ2) is 6.81. The summed E-state index contributed by atoms with van der Waals surface area (Å²) in [7, 11) is 0. The molecule has 106 valence electrons. The fraction of sp³-hybridized carbons (Fsp3) is 0.647. The number of hydrogen-bond donors (Lipinski definition) is 1. The maximum Gasteiger partial charge on any atom is 0.0160 e. The van der Waals surface area contributed by atoms with E-state index in [0.717, 1.165) is 6.04 Å². The number of thioether (sulfide) groups is 1. The molecule has 1 N–H and O–H groups in total. The van der Waals surface area contributed by atoms with E-state index in [0.29, 0.717) is 6.04 Å². The Balaban J connectivity index is 1.88. The maximum absolute atomic E-state index is 3.82. The number of benzene rings is 1. The second-order valence-electron chi connectivity index (χ2n) is 6.44. The molecule has 1 fully saturated rings. The summed E-state index contributed by atoms with van der Waals surface area (Å²) in [6, 6.07) is 12.2. The molecule has 1 aliphatic rings. The van der Waals surface area contributed by atoms with Gasteiger partial charge in [0.15, 0.2) is 0 Å². The summed E-state index contributed by atoms with van der Waals surface area (Å²) < 4.78 is 0. The summed E-state index contributed by atoms with van der Waals surface area (Å²) in [5, 5.41) is 3.82. The van der Waals surface area contributed by atoms with Gasteiger partial charge in [-0.15, -0.1) is 0 Å². The van der Waals surface area contributed by atoms with Gasteiger partial charge in [-0.1, -0.05) is 44.2 Å². The van der Waals surface area contributed by atoms with Gasteiger partial charge in [-0.3, -0.25) is 0 Å². The molecular weight excluding hydrogens is 250 g/mol. The fourth-order valence-electron chi connectivity index (χ4n) is 3.11. The van der Waals surface area contributed by atoms with Crippen molar-refractivity contribution in [2.24, 2.45) is 0 Å². The number of nitrogens with one attached hydrogen (secondary N) is 1. The van der Waals surface area contributed by atoms with Crippen molar-refractivity contribution in [2.75, 3.05) is 11.5 Å². The summed E-state index contributed by atoms with van der Waals surface area (Å²) in [5.41, 5.74) is 1.69. The zero-order valence-electron chi connectivity index (χ0n) is 12.5. The molecule has 0 bridgehead atoms. The summed E-state index contributed by atoms with van der Waals surface area (Å²) >= 11 is 2.10. The van der Waals surface area contributed by atoms with Crippen LogP contribution in [-0.4, -0.2) is 23.6 Å². The van der Waals surface area contributed by atoms with Crippen molar-refractivity contribution in [3.8, 4) is 0 Å². The molecule has 0 radical (unpaired) electrons. The van der Waals surface area contributed by atoms with E-state index in [1.165, 1.54) is 36.3 Å². The van der Waals surface area contributed by atoms with E-state index in [1.54, 1.807) is 0 Å².